The first kappa shape index (κ1) is 7.81. The number of hydroxylamine groups is 2. The van der Waals surface area contributed by atoms with Crippen LogP contribution < -0.4 is 0 Å². The second-order valence-corrected chi connectivity index (χ2v) is 1.35. The van der Waals surface area contributed by atoms with Gasteiger partial charge in [0.15, 0.2) is 0 Å². The minimum atomic E-state index is -1.12. The van der Waals surface area contributed by atoms with Gasteiger partial charge in [0.05, 0.1) is 7.05 Å². The number of hydrogen-bond donors (Lipinski definition) is 1. The molecule has 0 bridgehead atoms. The normalized spacial score (nSPS) is 9.56. The molecule has 1 amide bonds. The number of carboxylic acid groups (broad SMARTS) is 1. The lowest BCUT2D eigenvalue weighted by molar-refractivity contribution is -0.0545. The highest BCUT2D eigenvalue weighted by atomic mass is 16.7. The van der Waals surface area contributed by atoms with E-state index in [2.05, 4.69) is 4.84 Å². The third kappa shape index (κ3) is 3.40. The summed E-state index contributed by atoms with van der Waals surface area (Å²) in [6.45, 7) is 1.73. The topological polar surface area (TPSA) is 49.8 Å². The summed E-state index contributed by atoms with van der Waals surface area (Å²) < 4.78 is 0. The van der Waals surface area contributed by atoms with Gasteiger partial charge in [-0.2, -0.15) is 0 Å². The number of carbonyl (C=O) groups is 1. The maximum atomic E-state index is 9.97. The molecule has 0 spiro atoms. The molecule has 0 radical (unpaired) electrons. The molecule has 0 aliphatic heterocycles. The van der Waals surface area contributed by atoms with Gasteiger partial charge in [-0.15, -0.1) is 5.06 Å². The van der Waals surface area contributed by atoms with Crippen molar-refractivity contribution >= 4 is 6.09 Å². The van der Waals surface area contributed by atoms with Crippen LogP contribution in [-0.2, 0) is 4.84 Å². The summed E-state index contributed by atoms with van der Waals surface area (Å²) in [6, 6.07) is 0. The lowest BCUT2D eigenvalue weighted by Crippen LogP contribution is -2.22. The zero-order valence-electron chi connectivity index (χ0n) is 5.37. The molecule has 0 rings (SSSR count). The smallest absolute Gasteiger partial charge is 0.440 e. The van der Waals surface area contributed by atoms with Gasteiger partial charge in [0.1, 0.15) is 6.26 Å². The molecule has 0 aliphatic rings. The van der Waals surface area contributed by atoms with Gasteiger partial charge in [-0.1, -0.05) is 0 Å². The molecule has 1 N–H and O–H groups in total. The Hall–Kier alpha value is -1.19. The van der Waals surface area contributed by atoms with Crippen LogP contribution in [0.25, 0.3) is 0 Å². The van der Waals surface area contributed by atoms with Crippen molar-refractivity contribution in [2.45, 2.75) is 6.92 Å². The van der Waals surface area contributed by atoms with Crippen LogP contribution in [0.3, 0.4) is 0 Å². The van der Waals surface area contributed by atoms with Gasteiger partial charge in [-0.05, 0) is 13.0 Å². The predicted octanol–water partition coefficient (Wildman–Crippen LogP) is 1.06. The van der Waals surface area contributed by atoms with Gasteiger partial charge in [0.2, 0.25) is 0 Å². The molecular weight excluding hydrogens is 122 g/mol. The van der Waals surface area contributed by atoms with E-state index in [0.29, 0.717) is 5.06 Å². The first-order valence-electron chi connectivity index (χ1n) is 2.43. The summed E-state index contributed by atoms with van der Waals surface area (Å²) in [7, 11) is 1.31. The Bertz CT molecular complexity index is 121. The van der Waals surface area contributed by atoms with Crippen molar-refractivity contribution in [3.63, 3.8) is 0 Å². The second-order valence-electron chi connectivity index (χ2n) is 1.35. The Morgan fingerprint density at radius 3 is 2.67 bits per heavy atom. The average Bonchev–Trinajstić information content (AvgIpc) is 1.82. The van der Waals surface area contributed by atoms with E-state index >= 15 is 0 Å². The van der Waals surface area contributed by atoms with Crippen LogP contribution in [0, 0.1) is 0 Å². The summed E-state index contributed by atoms with van der Waals surface area (Å²) >= 11 is 0. The molecular formula is C5H9NO3. The fourth-order valence-electron chi connectivity index (χ4n) is 0.197. The first-order chi connectivity index (χ1) is 4.18. The number of amides is 1. The second kappa shape index (κ2) is 3.77. The standard InChI is InChI=1S/C5H9NO3/c1-3-4-9-6(2)5(7)8/h3-4H,1-2H3,(H,7,8). The fourth-order valence-corrected chi connectivity index (χ4v) is 0.197. The van der Waals surface area contributed by atoms with Gasteiger partial charge in [-0.3, -0.25) is 0 Å². The first-order valence-corrected chi connectivity index (χ1v) is 2.43. The van der Waals surface area contributed by atoms with E-state index < -0.39 is 6.09 Å². The number of hydrogen-bond acceptors (Lipinski definition) is 2. The average molecular weight is 131 g/mol. The van der Waals surface area contributed by atoms with E-state index in [1.165, 1.54) is 13.3 Å². The molecule has 0 aromatic rings. The monoisotopic (exact) mass is 131 g/mol. The van der Waals surface area contributed by atoms with Crippen LogP contribution in [0.5, 0.6) is 0 Å². The van der Waals surface area contributed by atoms with Crippen molar-refractivity contribution in [2.75, 3.05) is 7.05 Å². The zero-order valence-corrected chi connectivity index (χ0v) is 5.37. The maximum absolute atomic E-state index is 9.97. The summed E-state index contributed by atoms with van der Waals surface area (Å²) in [6.07, 6.45) is 1.76. The van der Waals surface area contributed by atoms with Gasteiger partial charge in [0, 0.05) is 0 Å². The minimum Gasteiger partial charge on any atom is -0.463 e. The predicted molar refractivity (Wildman–Crippen MR) is 31.7 cm³/mol. The third-order valence-corrected chi connectivity index (χ3v) is 0.624. The lowest BCUT2D eigenvalue weighted by Gasteiger charge is -2.08. The van der Waals surface area contributed by atoms with Crippen molar-refractivity contribution in [3.05, 3.63) is 12.3 Å². The van der Waals surface area contributed by atoms with E-state index in [1.54, 1.807) is 13.0 Å². The summed E-state index contributed by atoms with van der Waals surface area (Å²) in [4.78, 5) is 14.5. The van der Waals surface area contributed by atoms with E-state index in [4.69, 9.17) is 5.11 Å². The molecule has 9 heavy (non-hydrogen) atoms. The van der Waals surface area contributed by atoms with E-state index in [9.17, 15) is 4.79 Å². The van der Waals surface area contributed by atoms with Crippen LogP contribution in [0.2, 0.25) is 0 Å². The number of rotatable bonds is 2. The molecule has 4 nitrogen and oxygen atoms in total. The molecule has 0 unspecified atom stereocenters. The highest BCUT2D eigenvalue weighted by molar-refractivity contribution is 5.63. The molecule has 0 aromatic heterocycles. The Labute approximate surface area is 53.3 Å². The van der Waals surface area contributed by atoms with Crippen molar-refractivity contribution < 1.29 is 14.7 Å². The third-order valence-electron chi connectivity index (χ3n) is 0.624. The highest BCUT2D eigenvalue weighted by Crippen LogP contribution is 1.85. The van der Waals surface area contributed by atoms with Crippen LogP contribution in [0.1, 0.15) is 6.92 Å². The van der Waals surface area contributed by atoms with Crippen molar-refractivity contribution in [3.8, 4) is 0 Å². The fraction of sp³-hybridized carbons (Fsp3) is 0.400. The van der Waals surface area contributed by atoms with Crippen molar-refractivity contribution in [1.29, 1.82) is 0 Å². The maximum Gasteiger partial charge on any atom is 0.440 e. The summed E-state index contributed by atoms with van der Waals surface area (Å²) in [5.74, 6) is 0. The van der Waals surface area contributed by atoms with Crippen LogP contribution in [0.15, 0.2) is 12.3 Å². The summed E-state index contributed by atoms with van der Waals surface area (Å²) in [5, 5.41) is 8.88. The van der Waals surface area contributed by atoms with Crippen LogP contribution >= 0.6 is 0 Å². The number of nitrogens with zero attached hydrogens (tertiary/aromatic N) is 1. The van der Waals surface area contributed by atoms with Crippen LogP contribution in [0.4, 0.5) is 4.79 Å². The van der Waals surface area contributed by atoms with Gasteiger partial charge < -0.3 is 9.94 Å². The van der Waals surface area contributed by atoms with Gasteiger partial charge in [-0.25, -0.2) is 4.79 Å². The van der Waals surface area contributed by atoms with Crippen molar-refractivity contribution in [2.24, 2.45) is 0 Å². The Morgan fingerprint density at radius 2 is 2.33 bits per heavy atom. The number of allylic oxidation sites excluding steroid dienone is 1. The van der Waals surface area contributed by atoms with Gasteiger partial charge >= 0.3 is 6.09 Å². The Kier molecular flexibility index (Phi) is 3.27. The van der Waals surface area contributed by atoms with E-state index in [-0.39, 0.29) is 0 Å². The Balaban J connectivity index is 3.50. The van der Waals surface area contributed by atoms with Crippen LogP contribution in [-0.4, -0.2) is 23.3 Å². The Morgan fingerprint density at radius 1 is 1.78 bits per heavy atom. The summed E-state index contributed by atoms with van der Waals surface area (Å²) in [5.41, 5.74) is 0. The highest BCUT2D eigenvalue weighted by Gasteiger charge is 2.01. The quantitative estimate of drug-likeness (QED) is 0.450. The lowest BCUT2D eigenvalue weighted by atomic mass is 10.7. The van der Waals surface area contributed by atoms with E-state index in [0.717, 1.165) is 0 Å². The molecule has 0 saturated carbocycles. The minimum absolute atomic E-state index is 0.708. The van der Waals surface area contributed by atoms with Crippen molar-refractivity contribution in [1.82, 2.24) is 5.06 Å². The zero-order chi connectivity index (χ0) is 7.28. The molecule has 0 saturated heterocycles. The molecule has 0 fully saturated rings. The molecule has 52 valence electrons. The van der Waals surface area contributed by atoms with Gasteiger partial charge in [0.25, 0.3) is 0 Å². The van der Waals surface area contributed by atoms with E-state index in [1.807, 2.05) is 0 Å². The largest absolute Gasteiger partial charge is 0.463 e. The molecule has 0 aliphatic carbocycles. The molecule has 0 heterocycles. The molecule has 0 atom stereocenters. The molecule has 4 heteroatoms. The SMILES string of the molecule is CC=CON(C)C(=O)O. The molecule has 0 aromatic carbocycles.